The lowest BCUT2D eigenvalue weighted by molar-refractivity contribution is 0.669. The Labute approximate surface area is 857 Å². The molecule has 0 saturated heterocycles. The molecule has 0 saturated carbocycles. The second kappa shape index (κ2) is 36.4. The number of para-hydroxylation sites is 8. The Bertz CT molecular complexity index is 9890. The van der Waals surface area contributed by atoms with Crippen molar-refractivity contribution in [3.8, 4) is 145 Å². The van der Waals surface area contributed by atoms with E-state index in [-0.39, 0.29) is 0 Å². The van der Waals surface area contributed by atoms with Gasteiger partial charge in [0.1, 0.15) is 22.3 Å². The van der Waals surface area contributed by atoms with Crippen molar-refractivity contribution >= 4 is 132 Å². The molecule has 0 amide bonds. The number of furan rings is 2. The van der Waals surface area contributed by atoms with Gasteiger partial charge in [-0.15, -0.1) is 0 Å². The lowest BCUT2D eigenvalue weighted by Crippen LogP contribution is -2.11. The van der Waals surface area contributed by atoms with Crippen LogP contribution in [-0.2, 0) is 0 Å². The van der Waals surface area contributed by atoms with E-state index in [0.29, 0.717) is 0 Å². The van der Waals surface area contributed by atoms with Crippen LogP contribution in [0, 0.1) is 0 Å². The molecule has 0 radical (unpaired) electrons. The maximum Gasteiger partial charge on any atom is 0.143 e. The summed E-state index contributed by atoms with van der Waals surface area (Å²) in [6, 6.07) is 204. The minimum absolute atomic E-state index is 0.846. The van der Waals surface area contributed by atoms with E-state index in [1.54, 1.807) is 0 Å². The van der Waals surface area contributed by atoms with Crippen LogP contribution >= 0.6 is 0 Å². The van der Waals surface area contributed by atoms with E-state index in [2.05, 4.69) is 565 Å². The van der Waals surface area contributed by atoms with Gasteiger partial charge in [-0.25, -0.2) is 0 Å². The maximum absolute atomic E-state index is 6.97. The first-order valence-corrected chi connectivity index (χ1v) is 50.7. The summed E-state index contributed by atoms with van der Waals surface area (Å²) < 4.78 is 18.4. The van der Waals surface area contributed by atoms with Crippen LogP contribution in [0.1, 0.15) is 0 Å². The predicted octanol–water partition coefficient (Wildman–Crippen LogP) is 39.8. The zero-order valence-corrected chi connectivity index (χ0v) is 80.7. The Hall–Kier alpha value is -19.7. The van der Waals surface area contributed by atoms with E-state index in [0.717, 1.165) is 211 Å². The van der Waals surface area contributed by atoms with Crippen LogP contribution in [0.3, 0.4) is 0 Å². The van der Waals surface area contributed by atoms with Gasteiger partial charge in [-0.1, -0.05) is 413 Å². The topological polar surface area (TPSA) is 42.6 Å². The molecule has 0 aliphatic carbocycles. The molecule has 0 aliphatic rings. The van der Waals surface area contributed by atoms with E-state index < -0.39 is 0 Å². The van der Waals surface area contributed by atoms with Crippen molar-refractivity contribution in [2.75, 3.05) is 9.80 Å². The average molecular weight is 1890 g/mol. The van der Waals surface area contributed by atoms with Crippen molar-refractivity contribution in [1.29, 1.82) is 0 Å². The summed E-state index contributed by atoms with van der Waals surface area (Å²) in [6.45, 7) is 0. The van der Waals surface area contributed by atoms with E-state index in [1.807, 2.05) is 12.1 Å². The molecule has 28 rings (SSSR count). The summed E-state index contributed by atoms with van der Waals surface area (Å²) >= 11 is 0. The normalized spacial score (nSPS) is 11.6. The summed E-state index contributed by atoms with van der Waals surface area (Å²) in [5.74, 6) is 0. The molecule has 6 heteroatoms. The number of benzene rings is 24. The Morgan fingerprint density at radius 2 is 0.412 bits per heavy atom. The number of rotatable bonds is 20. The predicted molar refractivity (Wildman–Crippen MR) is 622 cm³/mol. The van der Waals surface area contributed by atoms with Crippen molar-refractivity contribution in [1.82, 2.24) is 9.13 Å². The second-order valence-corrected chi connectivity index (χ2v) is 38.5. The van der Waals surface area contributed by atoms with E-state index in [1.165, 1.54) is 65.9 Å². The van der Waals surface area contributed by atoms with Crippen molar-refractivity contribution in [2.45, 2.75) is 0 Å². The van der Waals surface area contributed by atoms with Gasteiger partial charge in [-0.3, -0.25) is 0 Å². The van der Waals surface area contributed by atoms with Crippen molar-refractivity contribution in [2.24, 2.45) is 0 Å². The van der Waals surface area contributed by atoms with Gasteiger partial charge in [0.05, 0.1) is 39.1 Å². The first-order chi connectivity index (χ1) is 73.3. The highest BCUT2D eigenvalue weighted by Gasteiger charge is 2.26. The number of hydrogen-bond acceptors (Lipinski definition) is 4. The summed E-state index contributed by atoms with van der Waals surface area (Å²) in [6.07, 6.45) is 0. The minimum atomic E-state index is 0.846. The van der Waals surface area contributed by atoms with E-state index >= 15 is 0 Å². The molecule has 0 atom stereocenters. The molecule has 4 aromatic heterocycles. The maximum atomic E-state index is 6.97. The van der Waals surface area contributed by atoms with Crippen LogP contribution in [0.15, 0.2) is 567 Å². The highest BCUT2D eigenvalue weighted by Crippen LogP contribution is 2.50. The summed E-state index contributed by atoms with van der Waals surface area (Å²) in [7, 11) is 0. The van der Waals surface area contributed by atoms with Crippen LogP contribution in [-0.4, -0.2) is 9.13 Å². The number of aromatic nitrogens is 2. The summed E-state index contributed by atoms with van der Waals surface area (Å²) in [4.78, 5) is 4.79. The summed E-state index contributed by atoms with van der Waals surface area (Å²) in [5.41, 5.74) is 43.7. The average Bonchev–Trinajstić information content (AvgIpc) is 1.57. The molecule has 0 N–H and O–H groups in total. The number of nitrogens with zero attached hydrogens (tertiary/aromatic N) is 4. The third kappa shape index (κ3) is 15.4. The molecule has 0 aliphatic heterocycles. The molecular weight excluding hydrogens is 1790 g/mol. The largest absolute Gasteiger partial charge is 0.455 e. The van der Waals surface area contributed by atoms with Crippen molar-refractivity contribution in [3.63, 3.8) is 0 Å². The van der Waals surface area contributed by atoms with Crippen molar-refractivity contribution < 1.29 is 8.83 Å². The van der Waals surface area contributed by atoms with Gasteiger partial charge in [-0.2, -0.15) is 0 Å². The molecule has 148 heavy (non-hydrogen) atoms. The molecule has 6 nitrogen and oxygen atoms in total. The molecular formula is C142H92N4O2. The SMILES string of the molecule is c1ccc(-c2ccc(-c3ccccc3N(c3ccc(-c4cccc(-c5cccc6c5oc5ccc(-c7ccc8cc(-c9ccc(N(c%10ccc(-c%11cccc(-c%12cccc%13c%12oc%12ccccc%12%13)c%11)cc%10)c%10ccc(-c%11ccc(-c%12ccccc%12)cc%11-n%11c%12ccccc%12c%12ccccc%12%11)cc%10)cc9)ccc8c7)cc56)c4)cc3)c3ccc(-c4ccc(-c5ccccc5)cc4-n4c5ccccc5c5ccccc54)cc3)cc2)cc1. The fourth-order valence-electron chi connectivity index (χ4n) is 22.7. The van der Waals surface area contributed by atoms with Gasteiger partial charge in [0.2, 0.25) is 0 Å². The fraction of sp³-hybridized carbons (Fsp3) is 0. The van der Waals surface area contributed by atoms with Crippen LogP contribution in [0.4, 0.5) is 34.1 Å². The van der Waals surface area contributed by atoms with Gasteiger partial charge >= 0.3 is 0 Å². The smallest absolute Gasteiger partial charge is 0.143 e. The number of anilines is 6. The van der Waals surface area contributed by atoms with Crippen LogP contribution < -0.4 is 9.80 Å². The minimum Gasteiger partial charge on any atom is -0.455 e. The van der Waals surface area contributed by atoms with E-state index in [4.69, 9.17) is 8.83 Å². The molecule has 28 aromatic rings. The van der Waals surface area contributed by atoms with Gasteiger partial charge in [0.15, 0.2) is 0 Å². The molecule has 4 heterocycles. The Morgan fingerprint density at radius 1 is 0.142 bits per heavy atom. The monoisotopic (exact) mass is 1880 g/mol. The van der Waals surface area contributed by atoms with E-state index in [9.17, 15) is 0 Å². The molecule has 24 aromatic carbocycles. The first kappa shape index (κ1) is 86.2. The summed E-state index contributed by atoms with van der Waals surface area (Å²) in [5, 5.41) is 11.6. The zero-order chi connectivity index (χ0) is 97.6. The fourth-order valence-corrected chi connectivity index (χ4v) is 22.7. The van der Waals surface area contributed by atoms with Crippen LogP contribution in [0.25, 0.3) is 243 Å². The van der Waals surface area contributed by atoms with Gasteiger partial charge < -0.3 is 27.8 Å². The van der Waals surface area contributed by atoms with Crippen LogP contribution in [0.2, 0.25) is 0 Å². The molecule has 0 bridgehead atoms. The van der Waals surface area contributed by atoms with Gasteiger partial charge in [-0.05, 0) is 262 Å². The van der Waals surface area contributed by atoms with Gasteiger partial charge in [0, 0.05) is 99.3 Å². The van der Waals surface area contributed by atoms with Gasteiger partial charge in [0.25, 0.3) is 0 Å². The third-order valence-electron chi connectivity index (χ3n) is 30.0. The number of fused-ring (bicyclic) bond motifs is 13. The molecule has 692 valence electrons. The van der Waals surface area contributed by atoms with Crippen molar-refractivity contribution in [3.05, 3.63) is 558 Å². The first-order valence-electron chi connectivity index (χ1n) is 50.7. The Balaban J connectivity index is 0.472. The number of hydrogen-bond donors (Lipinski definition) is 0. The third-order valence-corrected chi connectivity index (χ3v) is 30.0. The quantitative estimate of drug-likeness (QED) is 0.0763. The van der Waals surface area contributed by atoms with Crippen LogP contribution in [0.5, 0.6) is 0 Å². The highest BCUT2D eigenvalue weighted by molar-refractivity contribution is 6.15. The lowest BCUT2D eigenvalue weighted by atomic mass is 9.95. The molecule has 0 unspecified atom stereocenters. The molecule has 0 spiro atoms. The highest BCUT2D eigenvalue weighted by atomic mass is 16.3. The standard InChI is InChI=1S/C142H92N4O2/c1-4-26-93(27-5-1)96-52-54-100(55-53-96)119-36-10-16-46-132(119)144(118-81-68-102(69-82-118)121-84-71-111(95-30-8-3-9-31-95)92-138(121)146-135-49-19-13-39-126(135)127-40-14-20-50-136(127)146)117-77-64-98(65-78-117)104-33-23-35-113(89-104)123-43-25-45-130-131-90-109(72-85-140(131)148-142(123)130)108-59-58-106-86-105(56-57-107(106)87-108)99-62-75-115(76-63-99)143(114-73-60-97(61-74-114)103-32-22-34-112(88-103)122-42-24-44-129-128-41-15-21-51-139(128)147-141(122)129)116-79-66-101(67-80-116)120-83-70-110(94-28-6-2-7-29-94)91-137(120)145-133-47-17-11-37-124(133)125-38-12-18-48-134(125)145/h1-92H. The zero-order valence-electron chi connectivity index (χ0n) is 80.7. The second-order valence-electron chi connectivity index (χ2n) is 38.5. The molecule has 0 fully saturated rings. The Morgan fingerprint density at radius 3 is 0.872 bits per heavy atom. The Kier molecular flexibility index (Phi) is 21.2. The lowest BCUT2D eigenvalue weighted by Gasteiger charge is -2.28.